The molecule has 37 heavy (non-hydrogen) atoms. The Morgan fingerprint density at radius 3 is 2.57 bits per heavy atom. The number of nitrogens with zero attached hydrogens (tertiary/aromatic N) is 3. The molecule has 0 spiro atoms. The van der Waals surface area contributed by atoms with Gasteiger partial charge in [0.05, 0.1) is 40.1 Å². The third-order valence-corrected chi connectivity index (χ3v) is 7.76. The zero-order chi connectivity index (χ0) is 26.2. The van der Waals surface area contributed by atoms with Gasteiger partial charge in [0, 0.05) is 16.8 Å². The largest absolute Gasteiger partial charge is 0.345 e. The van der Waals surface area contributed by atoms with E-state index < -0.39 is 21.6 Å². The molecule has 0 unspecified atom stereocenters. The number of amides is 1. The molecule has 2 aromatic carbocycles. The molecule has 0 saturated heterocycles. The number of carbonyl (C=O) groups excluding carboxylic acids is 1. The first-order chi connectivity index (χ1) is 17.7. The summed E-state index contributed by atoms with van der Waals surface area (Å²) in [4.78, 5) is 17.5. The molecule has 188 valence electrons. The van der Waals surface area contributed by atoms with Crippen molar-refractivity contribution in [3.8, 4) is 5.69 Å². The summed E-state index contributed by atoms with van der Waals surface area (Å²) in [6.45, 7) is 0.133. The minimum absolute atomic E-state index is 0.0368. The predicted molar refractivity (Wildman–Crippen MR) is 141 cm³/mol. The van der Waals surface area contributed by atoms with Gasteiger partial charge in [-0.1, -0.05) is 41.4 Å². The highest BCUT2D eigenvalue weighted by molar-refractivity contribution is 7.91. The zero-order valence-corrected chi connectivity index (χ0v) is 21.5. The fourth-order valence-corrected chi connectivity index (χ4v) is 6.13. The Balaban J connectivity index is 1.67. The van der Waals surface area contributed by atoms with Gasteiger partial charge in [-0.25, -0.2) is 17.5 Å². The molecule has 0 bridgehead atoms. The van der Waals surface area contributed by atoms with Crippen LogP contribution < -0.4 is 5.32 Å². The summed E-state index contributed by atoms with van der Waals surface area (Å²) in [5.41, 5.74) is 2.70. The number of nitrogens with one attached hydrogen (secondary N) is 1. The molecule has 4 aromatic rings. The van der Waals surface area contributed by atoms with Crippen molar-refractivity contribution in [3.63, 3.8) is 0 Å². The Kier molecular flexibility index (Phi) is 6.85. The first kappa shape index (κ1) is 25.1. The van der Waals surface area contributed by atoms with Crippen molar-refractivity contribution in [1.29, 1.82) is 0 Å². The van der Waals surface area contributed by atoms with Crippen molar-refractivity contribution in [2.45, 2.75) is 12.3 Å². The third kappa shape index (κ3) is 5.44. The van der Waals surface area contributed by atoms with Crippen LogP contribution in [0.25, 0.3) is 17.3 Å². The average Bonchev–Trinajstić information content (AvgIpc) is 3.23. The van der Waals surface area contributed by atoms with E-state index in [1.807, 2.05) is 0 Å². The van der Waals surface area contributed by atoms with E-state index in [0.717, 1.165) is 0 Å². The second-order valence-electron chi connectivity index (χ2n) is 8.44. The van der Waals surface area contributed by atoms with Gasteiger partial charge in [0.15, 0.2) is 15.5 Å². The lowest BCUT2D eigenvalue weighted by atomic mass is 10.0. The predicted octanol–water partition coefficient (Wildman–Crippen LogP) is 5.11. The molecule has 1 amide bonds. The van der Waals surface area contributed by atoms with Gasteiger partial charge in [0.25, 0.3) is 5.91 Å². The van der Waals surface area contributed by atoms with Crippen molar-refractivity contribution in [3.05, 3.63) is 111 Å². The van der Waals surface area contributed by atoms with Crippen LogP contribution in [0.4, 0.5) is 4.39 Å². The number of benzene rings is 2. The summed E-state index contributed by atoms with van der Waals surface area (Å²) in [5.74, 6) is -1.63. The standard InChI is InChI=1S/C26H19Cl2FN4O3S/c27-18-6-9-23(22(28)12-18)33-25-17(11-16-4-7-19(29)8-5-16)14-37(35,36)15-21(25)24(32-33)26(34)31-13-20-3-1-2-10-30-20/h1-12H,13-15H2,(H,31,34)/b17-11+. The van der Waals surface area contributed by atoms with Crippen LogP contribution in [0.5, 0.6) is 0 Å². The Hall–Kier alpha value is -3.53. The van der Waals surface area contributed by atoms with Gasteiger partial charge < -0.3 is 5.32 Å². The molecular weight excluding hydrogens is 538 g/mol. The molecule has 11 heteroatoms. The molecule has 0 aliphatic carbocycles. The minimum Gasteiger partial charge on any atom is -0.345 e. The van der Waals surface area contributed by atoms with E-state index in [1.54, 1.807) is 54.7 Å². The van der Waals surface area contributed by atoms with Gasteiger partial charge in [-0.15, -0.1) is 0 Å². The molecule has 5 rings (SSSR count). The van der Waals surface area contributed by atoms with E-state index >= 15 is 0 Å². The molecule has 0 fully saturated rings. The normalized spacial score (nSPS) is 15.4. The van der Waals surface area contributed by atoms with Crippen LogP contribution in [0.1, 0.15) is 33.0 Å². The van der Waals surface area contributed by atoms with E-state index in [1.165, 1.54) is 22.9 Å². The van der Waals surface area contributed by atoms with Gasteiger partial charge in [-0.05, 0) is 59.7 Å². The van der Waals surface area contributed by atoms with E-state index in [9.17, 15) is 17.6 Å². The topological polar surface area (TPSA) is 93.9 Å². The third-order valence-electron chi connectivity index (χ3n) is 5.75. The fourth-order valence-electron chi connectivity index (χ4n) is 4.13. The number of carbonyl (C=O) groups is 1. The maximum absolute atomic E-state index is 13.5. The van der Waals surface area contributed by atoms with Crippen LogP contribution in [0.2, 0.25) is 10.0 Å². The fraction of sp³-hybridized carbons (Fsp3) is 0.115. The molecule has 1 aliphatic heterocycles. The summed E-state index contributed by atoms with van der Waals surface area (Å²) < 4.78 is 40.9. The summed E-state index contributed by atoms with van der Waals surface area (Å²) in [6.07, 6.45) is 3.26. The van der Waals surface area contributed by atoms with Gasteiger partial charge in [-0.3, -0.25) is 9.78 Å². The van der Waals surface area contributed by atoms with Gasteiger partial charge in [0.1, 0.15) is 5.82 Å². The second kappa shape index (κ2) is 10.1. The second-order valence-corrected chi connectivity index (χ2v) is 11.3. The number of hydrogen-bond acceptors (Lipinski definition) is 5. The molecule has 2 aromatic heterocycles. The molecule has 0 saturated carbocycles. The lowest BCUT2D eigenvalue weighted by Crippen LogP contribution is -2.26. The first-order valence-electron chi connectivity index (χ1n) is 11.1. The van der Waals surface area contributed by atoms with Crippen molar-refractivity contribution >= 4 is 50.6 Å². The average molecular weight is 557 g/mol. The van der Waals surface area contributed by atoms with Crippen molar-refractivity contribution < 1.29 is 17.6 Å². The van der Waals surface area contributed by atoms with Gasteiger partial charge in [-0.2, -0.15) is 5.10 Å². The summed E-state index contributed by atoms with van der Waals surface area (Å²) in [7, 11) is -3.62. The molecule has 0 radical (unpaired) electrons. The van der Waals surface area contributed by atoms with Crippen LogP contribution in [0.3, 0.4) is 0 Å². The molecule has 7 nitrogen and oxygen atoms in total. The number of fused-ring (bicyclic) bond motifs is 1. The number of hydrogen-bond donors (Lipinski definition) is 1. The zero-order valence-electron chi connectivity index (χ0n) is 19.2. The van der Waals surface area contributed by atoms with Crippen LogP contribution in [0, 0.1) is 5.82 Å². The van der Waals surface area contributed by atoms with E-state index in [2.05, 4.69) is 15.4 Å². The van der Waals surface area contributed by atoms with Crippen LogP contribution in [0.15, 0.2) is 66.9 Å². The van der Waals surface area contributed by atoms with Crippen molar-refractivity contribution in [2.75, 3.05) is 5.75 Å². The summed E-state index contributed by atoms with van der Waals surface area (Å²) in [5, 5.41) is 7.97. The van der Waals surface area contributed by atoms with Gasteiger partial charge >= 0.3 is 0 Å². The maximum Gasteiger partial charge on any atom is 0.272 e. The highest BCUT2D eigenvalue weighted by atomic mass is 35.5. The quantitative estimate of drug-likeness (QED) is 0.368. The Morgan fingerprint density at radius 1 is 1.08 bits per heavy atom. The Morgan fingerprint density at radius 2 is 1.86 bits per heavy atom. The van der Waals surface area contributed by atoms with Crippen LogP contribution in [-0.4, -0.2) is 34.8 Å². The Labute approximate surface area is 222 Å². The number of aromatic nitrogens is 3. The minimum atomic E-state index is -3.62. The van der Waals surface area contributed by atoms with E-state index in [0.29, 0.717) is 33.2 Å². The van der Waals surface area contributed by atoms with Crippen LogP contribution >= 0.6 is 23.2 Å². The van der Waals surface area contributed by atoms with E-state index in [4.69, 9.17) is 23.2 Å². The number of halogens is 3. The Bertz CT molecular complexity index is 1640. The molecule has 0 atom stereocenters. The summed E-state index contributed by atoms with van der Waals surface area (Å²) >= 11 is 12.6. The van der Waals surface area contributed by atoms with Crippen LogP contribution in [-0.2, 0) is 22.1 Å². The first-order valence-corrected chi connectivity index (χ1v) is 13.7. The molecule has 3 heterocycles. The SMILES string of the molecule is O=C(NCc1ccccn1)c1nn(-c2ccc(Cl)cc2Cl)c2c1CS(=O)(=O)C/C2=C\c1ccc(F)cc1. The van der Waals surface area contributed by atoms with Crippen molar-refractivity contribution in [2.24, 2.45) is 0 Å². The number of rotatable bonds is 5. The highest BCUT2D eigenvalue weighted by Gasteiger charge is 2.35. The maximum atomic E-state index is 13.5. The lowest BCUT2D eigenvalue weighted by Gasteiger charge is -2.19. The number of sulfone groups is 1. The van der Waals surface area contributed by atoms with Gasteiger partial charge in [0.2, 0.25) is 0 Å². The molecule has 1 aliphatic rings. The molecular formula is C26H19Cl2FN4O3S. The highest BCUT2D eigenvalue weighted by Crippen LogP contribution is 2.36. The van der Waals surface area contributed by atoms with Crippen molar-refractivity contribution in [1.82, 2.24) is 20.1 Å². The van der Waals surface area contributed by atoms with E-state index in [-0.39, 0.29) is 34.3 Å². The monoisotopic (exact) mass is 556 g/mol. The number of pyridine rings is 1. The smallest absolute Gasteiger partial charge is 0.272 e. The summed E-state index contributed by atoms with van der Waals surface area (Å²) in [6, 6.07) is 15.8. The molecule has 1 N–H and O–H groups in total. The lowest BCUT2D eigenvalue weighted by molar-refractivity contribution is 0.0944.